The van der Waals surface area contributed by atoms with E-state index in [0.717, 1.165) is 0 Å². The molecule has 0 unspecified atom stereocenters. The topological polar surface area (TPSA) is 72.5 Å². The molecule has 0 atom stereocenters. The molecule has 2 aromatic rings. The molecule has 1 N–H and O–H groups in total. The van der Waals surface area contributed by atoms with E-state index in [0.29, 0.717) is 16.3 Å². The molecule has 0 fully saturated rings. The molecular formula is C19H18ClNO4. The van der Waals surface area contributed by atoms with Crippen LogP contribution >= 0.6 is 11.6 Å². The molecule has 0 aliphatic carbocycles. The largest absolute Gasteiger partial charge is 0.455 e. The number of carbonyl (C=O) groups is 3. The maximum Gasteiger partial charge on any atom is 0.308 e. The van der Waals surface area contributed by atoms with Crippen LogP contribution in [-0.2, 0) is 14.3 Å². The van der Waals surface area contributed by atoms with Gasteiger partial charge in [-0.05, 0) is 18.2 Å². The summed E-state index contributed by atoms with van der Waals surface area (Å²) in [6.07, 6.45) is 0. The van der Waals surface area contributed by atoms with Gasteiger partial charge in [0.25, 0.3) is 5.91 Å². The van der Waals surface area contributed by atoms with Crippen molar-refractivity contribution < 1.29 is 19.1 Å². The Morgan fingerprint density at radius 3 is 2.40 bits per heavy atom. The Morgan fingerprint density at radius 1 is 1.08 bits per heavy atom. The molecule has 0 bridgehead atoms. The van der Waals surface area contributed by atoms with Gasteiger partial charge in [-0.25, -0.2) is 0 Å². The summed E-state index contributed by atoms with van der Waals surface area (Å²) in [5.41, 5.74) is 1.05. The van der Waals surface area contributed by atoms with Crippen LogP contribution in [0.4, 0.5) is 5.69 Å². The van der Waals surface area contributed by atoms with Crippen molar-refractivity contribution in [2.75, 3.05) is 11.9 Å². The van der Waals surface area contributed by atoms with Crippen LogP contribution in [0.3, 0.4) is 0 Å². The van der Waals surface area contributed by atoms with Gasteiger partial charge in [0.1, 0.15) is 0 Å². The Hall–Kier alpha value is -2.66. The van der Waals surface area contributed by atoms with Crippen molar-refractivity contribution in [3.63, 3.8) is 0 Å². The fourth-order valence-electron chi connectivity index (χ4n) is 2.05. The van der Waals surface area contributed by atoms with Gasteiger partial charge in [-0.2, -0.15) is 0 Å². The number of halogens is 1. The first kappa shape index (κ1) is 18.7. The highest BCUT2D eigenvalue weighted by molar-refractivity contribution is 6.31. The quantitative estimate of drug-likeness (QED) is 0.630. The minimum atomic E-state index is -0.529. The van der Waals surface area contributed by atoms with Crippen molar-refractivity contribution >= 4 is 34.9 Å². The summed E-state index contributed by atoms with van der Waals surface area (Å²) in [4.78, 5) is 36.1. The van der Waals surface area contributed by atoms with Gasteiger partial charge in [-0.15, -0.1) is 0 Å². The van der Waals surface area contributed by atoms with Crippen LogP contribution in [0.2, 0.25) is 5.02 Å². The monoisotopic (exact) mass is 359 g/mol. The first-order chi connectivity index (χ1) is 11.9. The lowest BCUT2D eigenvalue weighted by Crippen LogP contribution is -2.23. The number of benzene rings is 2. The van der Waals surface area contributed by atoms with Crippen molar-refractivity contribution in [1.29, 1.82) is 0 Å². The number of ether oxygens (including phenoxy) is 1. The average molecular weight is 360 g/mol. The van der Waals surface area contributed by atoms with Gasteiger partial charge in [0, 0.05) is 16.1 Å². The Balaban J connectivity index is 2.17. The zero-order chi connectivity index (χ0) is 18.4. The Kier molecular flexibility index (Phi) is 6.31. The Morgan fingerprint density at radius 2 is 1.76 bits per heavy atom. The van der Waals surface area contributed by atoms with Crippen LogP contribution in [0, 0.1) is 5.92 Å². The van der Waals surface area contributed by atoms with E-state index in [1.54, 1.807) is 56.3 Å². The lowest BCUT2D eigenvalue weighted by molar-refractivity contribution is -0.150. The number of rotatable bonds is 6. The summed E-state index contributed by atoms with van der Waals surface area (Å²) in [5.74, 6) is -1.58. The minimum absolute atomic E-state index is 0.266. The smallest absolute Gasteiger partial charge is 0.308 e. The van der Waals surface area contributed by atoms with Crippen molar-refractivity contribution in [2.45, 2.75) is 13.8 Å². The van der Waals surface area contributed by atoms with Crippen molar-refractivity contribution in [3.05, 3.63) is 64.7 Å². The second-order valence-electron chi connectivity index (χ2n) is 5.70. The van der Waals surface area contributed by atoms with Crippen molar-refractivity contribution in [3.8, 4) is 0 Å². The molecule has 0 heterocycles. The van der Waals surface area contributed by atoms with Crippen LogP contribution in [0.5, 0.6) is 0 Å². The predicted octanol–water partition coefficient (Wildman–Crippen LogP) is 3.71. The second-order valence-corrected chi connectivity index (χ2v) is 6.13. The number of amides is 1. The van der Waals surface area contributed by atoms with Gasteiger partial charge in [0.15, 0.2) is 12.4 Å². The molecule has 0 radical (unpaired) electrons. The van der Waals surface area contributed by atoms with Gasteiger partial charge in [-0.1, -0.05) is 55.8 Å². The highest BCUT2D eigenvalue weighted by atomic mass is 35.5. The molecule has 0 aliphatic heterocycles. The van der Waals surface area contributed by atoms with E-state index < -0.39 is 18.5 Å². The fourth-order valence-corrected chi connectivity index (χ4v) is 2.22. The Bertz CT molecular complexity index is 787. The summed E-state index contributed by atoms with van der Waals surface area (Å²) in [5, 5.41) is 2.97. The number of hydrogen-bond acceptors (Lipinski definition) is 4. The van der Waals surface area contributed by atoms with E-state index >= 15 is 0 Å². The molecule has 0 aromatic heterocycles. The van der Waals surface area contributed by atoms with E-state index in [-0.39, 0.29) is 17.3 Å². The van der Waals surface area contributed by atoms with E-state index in [1.807, 2.05) is 0 Å². The number of anilines is 1. The molecule has 6 heteroatoms. The van der Waals surface area contributed by atoms with Crippen molar-refractivity contribution in [2.24, 2.45) is 5.92 Å². The summed E-state index contributed by atoms with van der Waals surface area (Å²) in [6, 6.07) is 13.3. The van der Waals surface area contributed by atoms with Gasteiger partial charge in [-0.3, -0.25) is 14.4 Å². The van der Waals surface area contributed by atoms with E-state index in [9.17, 15) is 14.4 Å². The molecule has 0 saturated carbocycles. The zero-order valence-corrected chi connectivity index (χ0v) is 14.7. The molecule has 5 nitrogen and oxygen atoms in total. The van der Waals surface area contributed by atoms with Crippen LogP contribution in [0.1, 0.15) is 29.8 Å². The SMILES string of the molecule is CC(C)C(=O)OCC(=O)Nc1ccc(Cl)cc1C(=O)c1ccccc1. The van der Waals surface area contributed by atoms with E-state index in [4.69, 9.17) is 16.3 Å². The number of hydrogen-bond donors (Lipinski definition) is 1. The highest BCUT2D eigenvalue weighted by Gasteiger charge is 2.17. The third-order valence-corrected chi connectivity index (χ3v) is 3.59. The summed E-state index contributed by atoms with van der Waals surface area (Å²) < 4.78 is 4.88. The third kappa shape index (κ3) is 5.16. The third-order valence-electron chi connectivity index (χ3n) is 3.35. The second kappa shape index (κ2) is 8.44. The van der Waals surface area contributed by atoms with E-state index in [1.165, 1.54) is 6.07 Å². The molecule has 130 valence electrons. The maximum absolute atomic E-state index is 12.7. The minimum Gasteiger partial charge on any atom is -0.455 e. The summed E-state index contributed by atoms with van der Waals surface area (Å²) in [7, 11) is 0. The molecule has 2 aromatic carbocycles. The lowest BCUT2D eigenvalue weighted by atomic mass is 10.0. The highest BCUT2D eigenvalue weighted by Crippen LogP contribution is 2.23. The Labute approximate surface area is 150 Å². The zero-order valence-electron chi connectivity index (χ0n) is 13.9. The van der Waals surface area contributed by atoms with Crippen LogP contribution in [0.25, 0.3) is 0 Å². The van der Waals surface area contributed by atoms with Gasteiger partial charge in [0.05, 0.1) is 11.6 Å². The van der Waals surface area contributed by atoms with E-state index in [2.05, 4.69) is 5.32 Å². The number of carbonyl (C=O) groups excluding carboxylic acids is 3. The molecule has 25 heavy (non-hydrogen) atoms. The number of ketones is 1. The van der Waals surface area contributed by atoms with Crippen LogP contribution < -0.4 is 5.32 Å². The molecule has 0 aliphatic rings. The number of esters is 1. The lowest BCUT2D eigenvalue weighted by Gasteiger charge is -2.12. The van der Waals surface area contributed by atoms with Crippen molar-refractivity contribution in [1.82, 2.24) is 0 Å². The maximum atomic E-state index is 12.7. The molecule has 0 spiro atoms. The first-order valence-electron chi connectivity index (χ1n) is 7.74. The average Bonchev–Trinajstić information content (AvgIpc) is 2.61. The number of nitrogens with one attached hydrogen (secondary N) is 1. The normalized spacial score (nSPS) is 10.4. The first-order valence-corrected chi connectivity index (χ1v) is 8.12. The van der Waals surface area contributed by atoms with Gasteiger partial charge in [0.2, 0.25) is 0 Å². The van der Waals surface area contributed by atoms with Crippen LogP contribution in [-0.4, -0.2) is 24.3 Å². The predicted molar refractivity (Wildman–Crippen MR) is 95.8 cm³/mol. The summed E-state index contributed by atoms with van der Waals surface area (Å²) in [6.45, 7) is 2.94. The fraction of sp³-hybridized carbons (Fsp3) is 0.211. The van der Waals surface area contributed by atoms with Gasteiger partial charge >= 0.3 is 5.97 Å². The molecule has 1 amide bonds. The molecule has 2 rings (SSSR count). The molecular weight excluding hydrogens is 342 g/mol. The van der Waals surface area contributed by atoms with Crippen LogP contribution in [0.15, 0.2) is 48.5 Å². The van der Waals surface area contributed by atoms with Gasteiger partial charge < -0.3 is 10.1 Å². The molecule has 0 saturated heterocycles. The summed E-state index contributed by atoms with van der Waals surface area (Å²) >= 11 is 5.99. The standard InChI is InChI=1S/C19H18ClNO4/c1-12(2)19(24)25-11-17(22)21-16-9-8-14(20)10-15(16)18(23)13-6-4-3-5-7-13/h3-10,12H,11H2,1-2H3,(H,21,22).